The zero-order chi connectivity index (χ0) is 10.6. The van der Waals surface area contributed by atoms with Crippen molar-refractivity contribution in [3.63, 3.8) is 0 Å². The molecule has 0 amide bonds. The van der Waals surface area contributed by atoms with Gasteiger partial charge >= 0.3 is 0 Å². The number of hydrogen-bond acceptors (Lipinski definition) is 2. The Morgan fingerprint density at radius 2 is 2.00 bits per heavy atom. The Kier molecular flexibility index (Phi) is 1.46. The molecule has 1 heterocycles. The molecule has 15 heavy (non-hydrogen) atoms. The second kappa shape index (κ2) is 2.51. The molecule has 2 heteroatoms. The van der Waals surface area contributed by atoms with Crippen LogP contribution in [0.3, 0.4) is 0 Å². The monoisotopic (exact) mass is 200 g/mol. The molecule has 0 saturated heterocycles. The van der Waals surface area contributed by atoms with Gasteiger partial charge in [-0.1, -0.05) is 32.0 Å². The van der Waals surface area contributed by atoms with E-state index in [4.69, 9.17) is 4.42 Å². The van der Waals surface area contributed by atoms with Gasteiger partial charge in [-0.2, -0.15) is 0 Å². The summed E-state index contributed by atoms with van der Waals surface area (Å²) in [5, 5.41) is 1.09. The van der Waals surface area contributed by atoms with Crippen LogP contribution < -0.4 is 0 Å². The molecule has 76 valence electrons. The van der Waals surface area contributed by atoms with E-state index in [2.05, 4.69) is 0 Å². The highest BCUT2D eigenvalue weighted by molar-refractivity contribution is 6.06. The third-order valence-corrected chi connectivity index (χ3v) is 3.14. The number of carbonyl (C=O) groups excluding carboxylic acids is 1. The Balaban J connectivity index is 2.33. The molecular formula is C13H12O2. The summed E-state index contributed by atoms with van der Waals surface area (Å²) in [6.45, 7) is 3.94. The van der Waals surface area contributed by atoms with E-state index in [1.807, 2.05) is 38.1 Å². The summed E-state index contributed by atoms with van der Waals surface area (Å²) in [5.74, 6) is 0.704. The van der Waals surface area contributed by atoms with Crippen molar-refractivity contribution in [1.82, 2.24) is 0 Å². The molecule has 0 aliphatic heterocycles. The zero-order valence-corrected chi connectivity index (χ0v) is 8.83. The minimum absolute atomic E-state index is 0.133. The van der Waals surface area contributed by atoms with Crippen molar-refractivity contribution < 1.29 is 9.21 Å². The second-order valence-corrected chi connectivity index (χ2v) is 4.80. The van der Waals surface area contributed by atoms with Crippen molar-refractivity contribution in [3.8, 4) is 0 Å². The van der Waals surface area contributed by atoms with Gasteiger partial charge in [0.25, 0.3) is 0 Å². The van der Waals surface area contributed by atoms with Gasteiger partial charge in [0.15, 0.2) is 5.76 Å². The van der Waals surface area contributed by atoms with Crippen molar-refractivity contribution in [2.45, 2.75) is 20.3 Å². The first-order valence-corrected chi connectivity index (χ1v) is 5.15. The van der Waals surface area contributed by atoms with Crippen LogP contribution in [0.1, 0.15) is 30.0 Å². The summed E-state index contributed by atoms with van der Waals surface area (Å²) in [7, 11) is 0. The van der Waals surface area contributed by atoms with Crippen LogP contribution in [0.2, 0.25) is 0 Å². The van der Waals surface area contributed by atoms with Crippen LogP contribution >= 0.6 is 0 Å². The van der Waals surface area contributed by atoms with Gasteiger partial charge in [0.2, 0.25) is 5.78 Å². The van der Waals surface area contributed by atoms with E-state index in [0.29, 0.717) is 5.76 Å². The molecule has 1 aromatic carbocycles. The average Bonchev–Trinajstić information content (AvgIpc) is 2.65. The van der Waals surface area contributed by atoms with E-state index in [1.54, 1.807) is 0 Å². The number of Topliss-reactive ketones (excluding diaryl/α,β-unsaturated/α-hetero) is 1. The van der Waals surface area contributed by atoms with Crippen LogP contribution in [-0.2, 0) is 6.42 Å². The molecule has 0 fully saturated rings. The standard InChI is InChI=1S/C13H12O2/c1-13(2)7-9-8-5-3-4-6-10(8)15-11(9)12(13)14/h3-6H,7H2,1-2H3. The maximum Gasteiger partial charge on any atom is 0.204 e. The zero-order valence-electron chi connectivity index (χ0n) is 8.83. The van der Waals surface area contributed by atoms with E-state index < -0.39 is 0 Å². The molecule has 3 rings (SSSR count). The molecule has 0 radical (unpaired) electrons. The van der Waals surface area contributed by atoms with E-state index in [-0.39, 0.29) is 11.2 Å². The lowest BCUT2D eigenvalue weighted by molar-refractivity contribution is 0.0840. The molecule has 0 bridgehead atoms. The minimum atomic E-state index is -0.293. The van der Waals surface area contributed by atoms with Crippen LogP contribution in [0.5, 0.6) is 0 Å². The van der Waals surface area contributed by atoms with E-state index in [0.717, 1.165) is 23.0 Å². The normalized spacial score (nSPS) is 18.4. The molecule has 0 spiro atoms. The largest absolute Gasteiger partial charge is 0.453 e. The van der Waals surface area contributed by atoms with E-state index in [1.165, 1.54) is 0 Å². The fraction of sp³-hybridized carbons (Fsp3) is 0.308. The highest BCUT2D eigenvalue weighted by Crippen LogP contribution is 2.41. The number of hydrogen-bond donors (Lipinski definition) is 0. The molecule has 1 aliphatic rings. The van der Waals surface area contributed by atoms with E-state index >= 15 is 0 Å². The quantitative estimate of drug-likeness (QED) is 0.653. The Labute approximate surface area is 87.9 Å². The maximum absolute atomic E-state index is 12.0. The number of rotatable bonds is 0. The fourth-order valence-electron chi connectivity index (χ4n) is 2.29. The van der Waals surface area contributed by atoms with Crippen LogP contribution in [0.4, 0.5) is 0 Å². The Bertz CT molecular complexity index is 561. The summed E-state index contributed by atoms with van der Waals surface area (Å²) < 4.78 is 5.61. The van der Waals surface area contributed by atoms with Crippen molar-refractivity contribution in [2.75, 3.05) is 0 Å². The van der Waals surface area contributed by atoms with Crippen LogP contribution in [0.25, 0.3) is 11.0 Å². The van der Waals surface area contributed by atoms with Gasteiger partial charge in [0, 0.05) is 16.4 Å². The summed E-state index contributed by atoms with van der Waals surface area (Å²) in [5.41, 5.74) is 1.62. The van der Waals surface area contributed by atoms with Gasteiger partial charge in [-0.3, -0.25) is 4.79 Å². The molecule has 1 aliphatic carbocycles. The predicted octanol–water partition coefficient (Wildman–Crippen LogP) is 3.20. The summed E-state index contributed by atoms with van der Waals surface area (Å²) in [6, 6.07) is 7.84. The summed E-state index contributed by atoms with van der Waals surface area (Å²) in [6.07, 6.45) is 0.790. The van der Waals surface area contributed by atoms with Gasteiger partial charge in [-0.25, -0.2) is 0 Å². The van der Waals surface area contributed by atoms with Crippen LogP contribution in [0.15, 0.2) is 28.7 Å². The van der Waals surface area contributed by atoms with Crippen molar-refractivity contribution in [3.05, 3.63) is 35.6 Å². The topological polar surface area (TPSA) is 30.2 Å². The van der Waals surface area contributed by atoms with Gasteiger partial charge < -0.3 is 4.42 Å². The number of furan rings is 1. The maximum atomic E-state index is 12.0. The van der Waals surface area contributed by atoms with Crippen molar-refractivity contribution in [2.24, 2.45) is 5.41 Å². The Morgan fingerprint density at radius 1 is 1.27 bits per heavy atom. The first kappa shape index (κ1) is 8.72. The van der Waals surface area contributed by atoms with Gasteiger partial charge in [-0.15, -0.1) is 0 Å². The molecule has 2 aromatic rings. The van der Waals surface area contributed by atoms with Gasteiger partial charge in [-0.05, 0) is 12.5 Å². The average molecular weight is 200 g/mol. The van der Waals surface area contributed by atoms with Crippen LogP contribution in [0, 0.1) is 5.41 Å². The lowest BCUT2D eigenvalue weighted by Crippen LogP contribution is -2.19. The number of benzene rings is 1. The minimum Gasteiger partial charge on any atom is -0.453 e. The van der Waals surface area contributed by atoms with Crippen molar-refractivity contribution >= 4 is 16.8 Å². The molecule has 0 saturated carbocycles. The fourth-order valence-corrected chi connectivity index (χ4v) is 2.29. The van der Waals surface area contributed by atoms with E-state index in [9.17, 15) is 4.79 Å². The Morgan fingerprint density at radius 3 is 2.80 bits per heavy atom. The van der Waals surface area contributed by atoms with Crippen molar-refractivity contribution in [1.29, 1.82) is 0 Å². The number of carbonyl (C=O) groups is 1. The highest BCUT2D eigenvalue weighted by Gasteiger charge is 2.41. The smallest absolute Gasteiger partial charge is 0.204 e. The predicted molar refractivity (Wildman–Crippen MR) is 58.0 cm³/mol. The lowest BCUT2D eigenvalue weighted by Gasteiger charge is -2.13. The molecule has 2 nitrogen and oxygen atoms in total. The summed E-state index contributed by atoms with van der Waals surface area (Å²) >= 11 is 0. The third kappa shape index (κ3) is 1.02. The number of para-hydroxylation sites is 1. The number of ketones is 1. The Hall–Kier alpha value is -1.57. The summed E-state index contributed by atoms with van der Waals surface area (Å²) in [4.78, 5) is 12.0. The first-order chi connectivity index (χ1) is 7.09. The molecule has 0 N–H and O–H groups in total. The SMILES string of the molecule is CC1(C)Cc2c(oc3ccccc23)C1=O. The lowest BCUT2D eigenvalue weighted by atomic mass is 9.89. The molecule has 0 unspecified atom stereocenters. The second-order valence-electron chi connectivity index (χ2n) is 4.80. The molecule has 0 atom stereocenters. The number of fused-ring (bicyclic) bond motifs is 3. The molecular weight excluding hydrogens is 188 g/mol. The van der Waals surface area contributed by atoms with Crippen LogP contribution in [-0.4, -0.2) is 5.78 Å². The third-order valence-electron chi connectivity index (χ3n) is 3.14. The van der Waals surface area contributed by atoms with Gasteiger partial charge in [0.1, 0.15) is 5.58 Å². The molecule has 1 aromatic heterocycles. The first-order valence-electron chi connectivity index (χ1n) is 5.15. The highest BCUT2D eigenvalue weighted by atomic mass is 16.3. The van der Waals surface area contributed by atoms with Gasteiger partial charge in [0.05, 0.1) is 0 Å².